The number of methoxy groups -OCH3 is 2. The summed E-state index contributed by atoms with van der Waals surface area (Å²) in [6.07, 6.45) is 4.14. The summed E-state index contributed by atoms with van der Waals surface area (Å²) < 4.78 is 38.9. The summed E-state index contributed by atoms with van der Waals surface area (Å²) >= 11 is 0. The average molecular weight is 487 g/mol. The van der Waals surface area contributed by atoms with Gasteiger partial charge in [0.05, 0.1) is 24.2 Å². The highest BCUT2D eigenvalue weighted by Crippen LogP contribution is 2.30. The van der Waals surface area contributed by atoms with E-state index in [2.05, 4.69) is 29.2 Å². The molecule has 1 fully saturated rings. The van der Waals surface area contributed by atoms with Gasteiger partial charge < -0.3 is 9.47 Å². The summed E-state index contributed by atoms with van der Waals surface area (Å²) in [6, 6.07) is 15.4. The van der Waals surface area contributed by atoms with Gasteiger partial charge >= 0.3 is 5.97 Å². The number of esters is 1. The molecule has 0 spiro atoms. The third kappa shape index (κ3) is 5.35. The SMILES string of the molecule is COCCN(CC1CCCN(C2Cc3ccccc3C2)C1)S(=O)(=O)c1ccccc1C(=O)OC. The molecule has 0 saturated carbocycles. The smallest absolute Gasteiger partial charge is 0.339 e. The van der Waals surface area contributed by atoms with Crippen LogP contribution in [-0.2, 0) is 32.3 Å². The summed E-state index contributed by atoms with van der Waals surface area (Å²) in [5.74, 6) is -0.440. The van der Waals surface area contributed by atoms with E-state index in [4.69, 9.17) is 9.47 Å². The van der Waals surface area contributed by atoms with Crippen LogP contribution in [-0.4, -0.2) is 76.6 Å². The van der Waals surface area contributed by atoms with Crippen molar-refractivity contribution in [2.45, 2.75) is 36.6 Å². The van der Waals surface area contributed by atoms with Gasteiger partial charge in [-0.15, -0.1) is 0 Å². The minimum atomic E-state index is -3.90. The number of piperidine rings is 1. The minimum absolute atomic E-state index is 0.0168. The molecule has 1 unspecified atom stereocenters. The predicted octanol–water partition coefficient (Wildman–Crippen LogP) is 2.99. The Bertz CT molecular complexity index is 1080. The molecule has 1 saturated heterocycles. The van der Waals surface area contributed by atoms with E-state index in [1.54, 1.807) is 19.2 Å². The Labute approximate surface area is 202 Å². The first-order chi connectivity index (χ1) is 16.4. The van der Waals surface area contributed by atoms with Crippen LogP contribution in [0, 0.1) is 5.92 Å². The molecule has 0 amide bonds. The Morgan fingerprint density at radius 1 is 1.06 bits per heavy atom. The van der Waals surface area contributed by atoms with Gasteiger partial charge in [0.15, 0.2) is 0 Å². The summed E-state index contributed by atoms with van der Waals surface area (Å²) in [4.78, 5) is 14.8. The Balaban J connectivity index is 1.51. The van der Waals surface area contributed by atoms with Crippen LogP contribution in [0.1, 0.15) is 34.3 Å². The molecule has 2 aliphatic rings. The van der Waals surface area contributed by atoms with E-state index in [1.165, 1.54) is 34.7 Å². The van der Waals surface area contributed by atoms with Gasteiger partial charge in [-0.05, 0) is 61.4 Å². The van der Waals surface area contributed by atoms with Crippen molar-refractivity contribution in [3.05, 3.63) is 65.2 Å². The van der Waals surface area contributed by atoms with Crippen LogP contribution in [0.15, 0.2) is 53.4 Å². The van der Waals surface area contributed by atoms with Crippen molar-refractivity contribution in [2.24, 2.45) is 5.92 Å². The molecule has 184 valence electrons. The van der Waals surface area contributed by atoms with Crippen molar-refractivity contribution < 1.29 is 22.7 Å². The molecule has 4 rings (SSSR count). The standard InChI is InChI=1S/C26H34N2O5S/c1-32-15-14-28(34(30,31)25-12-6-5-11-24(25)26(29)33-2)19-20-8-7-13-27(18-20)23-16-21-9-3-4-10-22(21)17-23/h3-6,9-12,20,23H,7-8,13-19H2,1-2H3. The summed E-state index contributed by atoms with van der Waals surface area (Å²) in [7, 11) is -1.09. The molecule has 34 heavy (non-hydrogen) atoms. The van der Waals surface area contributed by atoms with Gasteiger partial charge in [0.2, 0.25) is 10.0 Å². The minimum Gasteiger partial charge on any atom is -0.465 e. The summed E-state index contributed by atoms with van der Waals surface area (Å²) in [6.45, 7) is 2.84. The lowest BCUT2D eigenvalue weighted by atomic mass is 9.96. The highest BCUT2D eigenvalue weighted by atomic mass is 32.2. The zero-order valence-electron chi connectivity index (χ0n) is 20.0. The van der Waals surface area contributed by atoms with E-state index in [1.807, 2.05) is 0 Å². The van der Waals surface area contributed by atoms with E-state index in [-0.39, 0.29) is 29.5 Å². The lowest BCUT2D eigenvalue weighted by molar-refractivity contribution is 0.0596. The molecule has 0 N–H and O–H groups in total. The van der Waals surface area contributed by atoms with Gasteiger partial charge in [0.25, 0.3) is 0 Å². The Morgan fingerprint density at radius 2 is 1.74 bits per heavy atom. The Hall–Kier alpha value is -2.26. The highest BCUT2D eigenvalue weighted by Gasteiger charge is 2.34. The number of rotatable bonds is 9. The van der Waals surface area contributed by atoms with Crippen molar-refractivity contribution in [2.75, 3.05) is 47.0 Å². The molecule has 8 heteroatoms. The lowest BCUT2D eigenvalue weighted by Crippen LogP contribution is -2.47. The fourth-order valence-corrected chi connectivity index (χ4v) is 6.95. The maximum absolute atomic E-state index is 13.7. The van der Waals surface area contributed by atoms with Crippen LogP contribution in [0.3, 0.4) is 0 Å². The van der Waals surface area contributed by atoms with Crippen LogP contribution >= 0.6 is 0 Å². The molecular weight excluding hydrogens is 452 g/mol. The molecule has 0 bridgehead atoms. The van der Waals surface area contributed by atoms with Gasteiger partial charge in [-0.2, -0.15) is 4.31 Å². The zero-order chi connectivity index (χ0) is 24.1. The van der Waals surface area contributed by atoms with Gasteiger partial charge in [-0.25, -0.2) is 13.2 Å². The maximum Gasteiger partial charge on any atom is 0.339 e. The topological polar surface area (TPSA) is 76.2 Å². The molecule has 7 nitrogen and oxygen atoms in total. The van der Waals surface area contributed by atoms with Crippen LogP contribution in [0.2, 0.25) is 0 Å². The monoisotopic (exact) mass is 486 g/mol. The van der Waals surface area contributed by atoms with Crippen LogP contribution in [0.4, 0.5) is 0 Å². The number of hydrogen-bond donors (Lipinski definition) is 0. The number of sulfonamides is 1. The highest BCUT2D eigenvalue weighted by molar-refractivity contribution is 7.89. The largest absolute Gasteiger partial charge is 0.465 e. The number of carbonyl (C=O) groups excluding carboxylic acids is 1. The van der Waals surface area contributed by atoms with Crippen molar-refractivity contribution in [3.8, 4) is 0 Å². The van der Waals surface area contributed by atoms with E-state index < -0.39 is 16.0 Å². The summed E-state index contributed by atoms with van der Waals surface area (Å²) in [5, 5.41) is 0. The van der Waals surface area contributed by atoms with Gasteiger partial charge in [0, 0.05) is 32.8 Å². The molecule has 2 aromatic carbocycles. The van der Waals surface area contributed by atoms with Crippen molar-refractivity contribution >= 4 is 16.0 Å². The molecule has 1 aliphatic heterocycles. The quantitative estimate of drug-likeness (QED) is 0.507. The Morgan fingerprint density at radius 3 is 2.41 bits per heavy atom. The molecular formula is C26H34N2O5S. The molecule has 1 atom stereocenters. The van der Waals surface area contributed by atoms with Crippen LogP contribution in [0.5, 0.6) is 0 Å². The number of benzene rings is 2. The fraction of sp³-hybridized carbons (Fsp3) is 0.500. The second-order valence-corrected chi connectivity index (χ2v) is 11.1. The van der Waals surface area contributed by atoms with Gasteiger partial charge in [-0.3, -0.25) is 4.90 Å². The van der Waals surface area contributed by atoms with E-state index in [0.29, 0.717) is 12.6 Å². The van der Waals surface area contributed by atoms with Gasteiger partial charge in [-0.1, -0.05) is 36.4 Å². The third-order valence-corrected chi connectivity index (χ3v) is 8.94. The first-order valence-electron chi connectivity index (χ1n) is 11.9. The average Bonchev–Trinajstić information content (AvgIpc) is 3.30. The summed E-state index contributed by atoms with van der Waals surface area (Å²) in [5.41, 5.74) is 2.91. The van der Waals surface area contributed by atoms with E-state index >= 15 is 0 Å². The number of fused-ring (bicyclic) bond motifs is 1. The molecule has 0 radical (unpaired) electrons. The number of nitrogens with zero attached hydrogens (tertiary/aromatic N) is 2. The number of hydrogen-bond acceptors (Lipinski definition) is 6. The first kappa shape index (κ1) is 24.9. The molecule has 1 heterocycles. The predicted molar refractivity (Wildman–Crippen MR) is 130 cm³/mol. The first-order valence-corrected chi connectivity index (χ1v) is 13.3. The van der Waals surface area contributed by atoms with E-state index in [0.717, 1.165) is 38.8 Å². The molecule has 2 aromatic rings. The Kier molecular flexibility index (Phi) is 8.03. The van der Waals surface area contributed by atoms with Crippen LogP contribution in [0.25, 0.3) is 0 Å². The number of carbonyl (C=O) groups is 1. The second kappa shape index (κ2) is 11.0. The van der Waals surface area contributed by atoms with Crippen LogP contribution < -0.4 is 0 Å². The van der Waals surface area contributed by atoms with Crippen molar-refractivity contribution in [3.63, 3.8) is 0 Å². The third-order valence-electron chi connectivity index (χ3n) is 7.01. The molecule has 0 aromatic heterocycles. The number of ether oxygens (including phenoxy) is 2. The number of likely N-dealkylation sites (tertiary alicyclic amines) is 1. The molecule has 1 aliphatic carbocycles. The zero-order valence-corrected chi connectivity index (χ0v) is 20.8. The fourth-order valence-electron chi connectivity index (χ4n) is 5.27. The lowest BCUT2D eigenvalue weighted by Gasteiger charge is -2.38. The van der Waals surface area contributed by atoms with E-state index in [9.17, 15) is 13.2 Å². The van der Waals surface area contributed by atoms with Gasteiger partial charge in [0.1, 0.15) is 0 Å². The second-order valence-electron chi connectivity index (χ2n) is 9.18. The maximum atomic E-state index is 13.7. The van der Waals surface area contributed by atoms with Crippen molar-refractivity contribution in [1.29, 1.82) is 0 Å². The normalized spacial score (nSPS) is 19.3. The van der Waals surface area contributed by atoms with Crippen molar-refractivity contribution in [1.82, 2.24) is 9.21 Å².